The van der Waals surface area contributed by atoms with Crippen LogP contribution < -0.4 is 5.32 Å². The van der Waals surface area contributed by atoms with Crippen LogP contribution in [0.3, 0.4) is 0 Å². The Morgan fingerprint density at radius 1 is 1.76 bits per heavy atom. The highest BCUT2D eigenvalue weighted by atomic mass is 32.1. The summed E-state index contributed by atoms with van der Waals surface area (Å²) in [6, 6.07) is 1.34. The number of ether oxygens (including phenoxy) is 1. The summed E-state index contributed by atoms with van der Waals surface area (Å²) in [4.78, 5) is 12.1. The minimum absolute atomic E-state index is 0.164. The quantitative estimate of drug-likeness (QED) is 0.844. The molecule has 2 atom stereocenters. The predicted octanol–water partition coefficient (Wildman–Crippen LogP) is 1.95. The Bertz CT molecular complexity index is 385. The summed E-state index contributed by atoms with van der Waals surface area (Å²) in [7, 11) is 0. The van der Waals surface area contributed by atoms with Crippen LogP contribution >= 0.6 is 11.3 Å². The zero-order valence-corrected chi connectivity index (χ0v) is 10.6. The molecular weight excluding hydrogens is 238 g/mol. The van der Waals surface area contributed by atoms with Crippen molar-refractivity contribution in [1.82, 2.24) is 5.32 Å². The Hall–Kier alpha value is -0.910. The van der Waals surface area contributed by atoms with Crippen molar-refractivity contribution in [2.75, 3.05) is 13.2 Å². The largest absolute Gasteiger partial charge is 0.480 e. The number of hydrogen-bond donors (Lipinski definition) is 2. The van der Waals surface area contributed by atoms with Gasteiger partial charge < -0.3 is 9.84 Å². The smallest absolute Gasteiger partial charge is 0.326 e. The zero-order chi connectivity index (χ0) is 12.3. The van der Waals surface area contributed by atoms with Crippen LogP contribution in [-0.2, 0) is 9.53 Å². The highest BCUT2D eigenvalue weighted by molar-refractivity contribution is 7.10. The number of aryl methyl sites for hydroxylation is 1. The molecule has 0 aromatic carbocycles. The van der Waals surface area contributed by atoms with E-state index in [9.17, 15) is 9.90 Å². The monoisotopic (exact) mass is 255 g/mol. The Kier molecular flexibility index (Phi) is 4.15. The van der Waals surface area contributed by atoms with Gasteiger partial charge in [-0.3, -0.25) is 10.1 Å². The van der Waals surface area contributed by atoms with Crippen LogP contribution in [0.4, 0.5) is 0 Å². The number of hydrogen-bond acceptors (Lipinski definition) is 4. The molecule has 0 radical (unpaired) electrons. The van der Waals surface area contributed by atoms with Crippen molar-refractivity contribution < 1.29 is 14.6 Å². The van der Waals surface area contributed by atoms with Crippen LogP contribution in [0.15, 0.2) is 11.4 Å². The van der Waals surface area contributed by atoms with E-state index in [2.05, 4.69) is 5.32 Å². The zero-order valence-electron chi connectivity index (χ0n) is 9.81. The lowest BCUT2D eigenvalue weighted by molar-refractivity contribution is -0.139. The Morgan fingerprint density at radius 2 is 2.59 bits per heavy atom. The summed E-state index contributed by atoms with van der Waals surface area (Å²) >= 11 is 1.48. The summed E-state index contributed by atoms with van der Waals surface area (Å²) < 4.78 is 5.48. The molecule has 5 heteroatoms. The molecule has 0 saturated carbocycles. The van der Waals surface area contributed by atoms with Crippen molar-refractivity contribution in [3.8, 4) is 0 Å². The number of nitrogens with one attached hydrogen (secondary N) is 1. The molecule has 1 saturated heterocycles. The Balaban J connectivity index is 1.98. The Morgan fingerprint density at radius 3 is 3.12 bits per heavy atom. The van der Waals surface area contributed by atoms with Crippen molar-refractivity contribution in [3.63, 3.8) is 0 Å². The number of carboxylic acids is 1. The second-order valence-corrected chi connectivity index (χ2v) is 5.23. The SMILES string of the molecule is Cc1ccsc1C(NCC1CCCO1)C(=O)O. The van der Waals surface area contributed by atoms with Gasteiger partial charge in [0.25, 0.3) is 0 Å². The second kappa shape index (κ2) is 5.62. The number of aliphatic carboxylic acids is 1. The molecule has 0 spiro atoms. The normalized spacial score (nSPS) is 21.6. The van der Waals surface area contributed by atoms with Crippen molar-refractivity contribution in [1.29, 1.82) is 0 Å². The van der Waals surface area contributed by atoms with Crippen LogP contribution in [0.2, 0.25) is 0 Å². The standard InChI is InChI=1S/C12H17NO3S/c1-8-4-6-17-11(8)10(12(14)15)13-7-9-3-2-5-16-9/h4,6,9-10,13H,2-3,5,7H2,1H3,(H,14,15). The molecule has 17 heavy (non-hydrogen) atoms. The van der Waals surface area contributed by atoms with Crippen LogP contribution in [-0.4, -0.2) is 30.3 Å². The van der Waals surface area contributed by atoms with Gasteiger partial charge in [-0.2, -0.15) is 0 Å². The van der Waals surface area contributed by atoms with Crippen LogP contribution in [0.1, 0.15) is 29.3 Å². The van der Waals surface area contributed by atoms with E-state index in [1.54, 1.807) is 0 Å². The van der Waals surface area contributed by atoms with E-state index in [-0.39, 0.29) is 6.10 Å². The third kappa shape index (κ3) is 3.06. The fourth-order valence-corrected chi connectivity index (χ4v) is 3.02. The van der Waals surface area contributed by atoms with E-state index in [0.29, 0.717) is 6.54 Å². The molecule has 2 N–H and O–H groups in total. The maximum atomic E-state index is 11.3. The summed E-state index contributed by atoms with van der Waals surface area (Å²) in [5, 5.41) is 14.3. The minimum Gasteiger partial charge on any atom is -0.480 e. The molecule has 2 rings (SSSR count). The van der Waals surface area contributed by atoms with Crippen LogP contribution in [0, 0.1) is 6.92 Å². The third-order valence-corrected chi connectivity index (χ3v) is 4.07. The van der Waals surface area contributed by atoms with Crippen molar-refractivity contribution in [2.24, 2.45) is 0 Å². The molecule has 1 aromatic heterocycles. The molecular formula is C12H17NO3S. The van der Waals surface area contributed by atoms with Crippen LogP contribution in [0.5, 0.6) is 0 Å². The molecule has 0 amide bonds. The first-order valence-electron chi connectivity index (χ1n) is 5.80. The van der Waals surface area contributed by atoms with Gasteiger partial charge in [0.15, 0.2) is 0 Å². The number of rotatable bonds is 5. The lowest BCUT2D eigenvalue weighted by Gasteiger charge is -2.17. The molecule has 0 bridgehead atoms. The van der Waals surface area contributed by atoms with E-state index in [0.717, 1.165) is 29.9 Å². The predicted molar refractivity (Wildman–Crippen MR) is 66.4 cm³/mol. The van der Waals surface area contributed by atoms with E-state index < -0.39 is 12.0 Å². The first-order chi connectivity index (χ1) is 8.18. The first kappa shape index (κ1) is 12.5. The maximum Gasteiger partial charge on any atom is 0.326 e. The molecule has 0 aliphatic carbocycles. The van der Waals surface area contributed by atoms with Gasteiger partial charge in [0.1, 0.15) is 6.04 Å². The van der Waals surface area contributed by atoms with Gasteiger partial charge in [-0.15, -0.1) is 11.3 Å². The van der Waals surface area contributed by atoms with Crippen LogP contribution in [0.25, 0.3) is 0 Å². The van der Waals surface area contributed by atoms with E-state index >= 15 is 0 Å². The summed E-state index contributed by atoms with van der Waals surface area (Å²) in [6.45, 7) is 3.34. The fourth-order valence-electron chi connectivity index (χ4n) is 2.03. The van der Waals surface area contributed by atoms with Crippen molar-refractivity contribution in [2.45, 2.75) is 31.9 Å². The number of carboxylic acid groups (broad SMARTS) is 1. The van der Waals surface area contributed by atoms with E-state index in [1.807, 2.05) is 18.4 Å². The van der Waals surface area contributed by atoms with E-state index in [4.69, 9.17) is 4.74 Å². The third-order valence-electron chi connectivity index (χ3n) is 2.98. The molecule has 1 fully saturated rings. The van der Waals surface area contributed by atoms with Gasteiger partial charge in [0.2, 0.25) is 0 Å². The van der Waals surface area contributed by atoms with Gasteiger partial charge in [0.05, 0.1) is 6.10 Å². The summed E-state index contributed by atoms with van der Waals surface area (Å²) in [5.41, 5.74) is 1.03. The highest BCUT2D eigenvalue weighted by Gasteiger charge is 2.24. The minimum atomic E-state index is -0.825. The average Bonchev–Trinajstić information content (AvgIpc) is 2.91. The van der Waals surface area contributed by atoms with E-state index in [1.165, 1.54) is 11.3 Å². The van der Waals surface area contributed by atoms with Gasteiger partial charge >= 0.3 is 5.97 Å². The lowest BCUT2D eigenvalue weighted by Crippen LogP contribution is -2.34. The fraction of sp³-hybridized carbons (Fsp3) is 0.583. The Labute approximate surface area is 105 Å². The average molecular weight is 255 g/mol. The highest BCUT2D eigenvalue weighted by Crippen LogP contribution is 2.24. The summed E-state index contributed by atoms with van der Waals surface area (Å²) in [6.07, 6.45) is 2.25. The molecule has 1 aliphatic heterocycles. The van der Waals surface area contributed by atoms with Crippen molar-refractivity contribution >= 4 is 17.3 Å². The van der Waals surface area contributed by atoms with Gasteiger partial charge in [-0.05, 0) is 36.8 Å². The van der Waals surface area contributed by atoms with Gasteiger partial charge in [-0.1, -0.05) is 0 Å². The first-order valence-corrected chi connectivity index (χ1v) is 6.68. The van der Waals surface area contributed by atoms with Gasteiger partial charge in [-0.25, -0.2) is 0 Å². The number of carbonyl (C=O) groups is 1. The van der Waals surface area contributed by atoms with Gasteiger partial charge in [0, 0.05) is 18.0 Å². The molecule has 2 heterocycles. The number of thiophene rings is 1. The second-order valence-electron chi connectivity index (χ2n) is 4.28. The van der Waals surface area contributed by atoms with Crippen molar-refractivity contribution in [3.05, 3.63) is 21.9 Å². The topological polar surface area (TPSA) is 58.6 Å². The molecule has 1 aromatic rings. The molecule has 94 valence electrons. The summed E-state index contributed by atoms with van der Waals surface area (Å²) in [5.74, 6) is -0.825. The maximum absolute atomic E-state index is 11.3. The molecule has 2 unspecified atom stereocenters. The lowest BCUT2D eigenvalue weighted by atomic mass is 10.1. The molecule has 4 nitrogen and oxygen atoms in total. The molecule has 1 aliphatic rings.